The predicted octanol–water partition coefficient (Wildman–Crippen LogP) is 3.70. The lowest BCUT2D eigenvalue weighted by molar-refractivity contribution is -0.473. The number of ether oxygens (including phenoxy) is 3. The molecule has 4 atom stereocenters. The van der Waals surface area contributed by atoms with Crippen LogP contribution in [0.15, 0.2) is 73.3 Å². The summed E-state index contributed by atoms with van der Waals surface area (Å²) in [6.07, 6.45) is 2.19. The maximum atomic E-state index is 12.8. The molecule has 6 nitrogen and oxygen atoms in total. The number of hydrogen-bond donors (Lipinski definition) is 0. The number of benzene rings is 2. The van der Waals surface area contributed by atoms with Gasteiger partial charge in [-0.05, 0) is 19.4 Å². The lowest BCUT2D eigenvalue weighted by atomic mass is 10.0. The minimum atomic E-state index is -0.730. The van der Waals surface area contributed by atoms with E-state index in [0.29, 0.717) is 13.1 Å². The summed E-state index contributed by atoms with van der Waals surface area (Å²) in [5, 5.41) is 12.8. The van der Waals surface area contributed by atoms with Crippen LogP contribution in [0.25, 0.3) is 0 Å². The van der Waals surface area contributed by atoms with Gasteiger partial charge in [0.05, 0.1) is 6.04 Å². The van der Waals surface area contributed by atoms with Crippen LogP contribution in [-0.4, -0.2) is 52.7 Å². The van der Waals surface area contributed by atoms with Crippen molar-refractivity contribution in [1.29, 1.82) is 0 Å². The van der Waals surface area contributed by atoms with Crippen LogP contribution in [0.4, 0.5) is 0 Å². The Morgan fingerprint density at radius 1 is 1.03 bits per heavy atom. The van der Waals surface area contributed by atoms with E-state index in [-0.39, 0.29) is 18.7 Å². The van der Waals surface area contributed by atoms with Crippen molar-refractivity contribution >= 4 is 6.21 Å². The minimum absolute atomic E-state index is 0.183. The van der Waals surface area contributed by atoms with Gasteiger partial charge in [0.2, 0.25) is 0 Å². The molecule has 0 unspecified atom stereocenters. The maximum absolute atomic E-state index is 12.8. The van der Waals surface area contributed by atoms with Crippen molar-refractivity contribution in [1.82, 2.24) is 4.90 Å². The van der Waals surface area contributed by atoms with Crippen molar-refractivity contribution in [3.8, 4) is 0 Å². The molecule has 0 aromatic heterocycles. The second-order valence-corrected chi connectivity index (χ2v) is 8.47. The molecule has 0 amide bonds. The van der Waals surface area contributed by atoms with Crippen LogP contribution in [0.5, 0.6) is 0 Å². The first kappa shape index (κ1) is 21.7. The maximum Gasteiger partial charge on any atom is 0.189 e. The van der Waals surface area contributed by atoms with Crippen LogP contribution in [0.2, 0.25) is 0 Å². The largest absolute Gasteiger partial charge is 0.624 e. The zero-order chi connectivity index (χ0) is 21.8. The highest BCUT2D eigenvalue weighted by Crippen LogP contribution is 2.39. The van der Waals surface area contributed by atoms with E-state index >= 15 is 0 Å². The molecule has 0 aliphatic carbocycles. The molecular weight excluding hydrogens is 392 g/mol. The Morgan fingerprint density at radius 3 is 2.32 bits per heavy atom. The zero-order valence-corrected chi connectivity index (χ0v) is 18.1. The van der Waals surface area contributed by atoms with Crippen LogP contribution < -0.4 is 0 Å². The Hall–Kier alpha value is -2.51. The van der Waals surface area contributed by atoms with Gasteiger partial charge >= 0.3 is 0 Å². The van der Waals surface area contributed by atoms with Crippen molar-refractivity contribution in [3.05, 3.63) is 89.7 Å². The van der Waals surface area contributed by atoms with Gasteiger partial charge in [-0.1, -0.05) is 66.7 Å². The summed E-state index contributed by atoms with van der Waals surface area (Å²) in [6, 6.07) is 19.7. The fourth-order valence-corrected chi connectivity index (χ4v) is 4.31. The normalized spacial score (nSPS) is 27.4. The van der Waals surface area contributed by atoms with E-state index in [2.05, 4.69) is 23.6 Å². The van der Waals surface area contributed by atoms with Crippen molar-refractivity contribution in [2.45, 2.75) is 57.3 Å². The average Bonchev–Trinajstić information content (AvgIpc) is 3.19. The smallest absolute Gasteiger partial charge is 0.189 e. The zero-order valence-electron chi connectivity index (χ0n) is 18.1. The highest BCUT2D eigenvalue weighted by molar-refractivity contribution is 5.60. The summed E-state index contributed by atoms with van der Waals surface area (Å²) >= 11 is 0. The Morgan fingerprint density at radius 2 is 1.68 bits per heavy atom. The van der Waals surface area contributed by atoms with E-state index in [1.54, 1.807) is 6.21 Å². The molecule has 0 N–H and O–H groups in total. The molecule has 2 aliphatic heterocycles. The summed E-state index contributed by atoms with van der Waals surface area (Å²) in [6.45, 7) is 9.29. The third kappa shape index (κ3) is 5.22. The molecule has 164 valence electrons. The Kier molecular flexibility index (Phi) is 6.53. The van der Waals surface area contributed by atoms with Crippen molar-refractivity contribution in [2.75, 3.05) is 6.54 Å². The highest BCUT2D eigenvalue weighted by atomic mass is 16.8. The Balaban J connectivity index is 1.60. The molecule has 2 heterocycles. The second-order valence-electron chi connectivity index (χ2n) is 8.47. The predicted molar refractivity (Wildman–Crippen MR) is 119 cm³/mol. The van der Waals surface area contributed by atoms with Gasteiger partial charge in [-0.15, -0.1) is 6.58 Å². The SMILES string of the molecule is C=CCN(Cc1ccccc1)[C@H]1[C@H]2OC(C)(C)O[C@H]2O[C@@H]1/C=[N+](/[O-])Cc1ccccc1. The fourth-order valence-electron chi connectivity index (χ4n) is 4.31. The molecule has 2 aromatic carbocycles. The molecular formula is C25H30N2O4. The molecule has 0 spiro atoms. The molecule has 0 radical (unpaired) electrons. The topological polar surface area (TPSA) is 57.0 Å². The molecule has 31 heavy (non-hydrogen) atoms. The van der Waals surface area contributed by atoms with Gasteiger partial charge in [0, 0.05) is 18.7 Å². The van der Waals surface area contributed by atoms with E-state index in [9.17, 15) is 5.21 Å². The minimum Gasteiger partial charge on any atom is -0.624 e. The van der Waals surface area contributed by atoms with Crippen LogP contribution in [0.3, 0.4) is 0 Å². The summed E-state index contributed by atoms with van der Waals surface area (Å²) in [5.41, 5.74) is 2.12. The lowest BCUT2D eigenvalue weighted by Gasteiger charge is -2.33. The Bertz CT molecular complexity index is 900. The lowest BCUT2D eigenvalue weighted by Crippen LogP contribution is -2.49. The average molecular weight is 423 g/mol. The molecule has 2 fully saturated rings. The van der Waals surface area contributed by atoms with Crippen molar-refractivity contribution in [2.24, 2.45) is 0 Å². The molecule has 4 rings (SSSR count). The highest BCUT2D eigenvalue weighted by Gasteiger charge is 2.56. The van der Waals surface area contributed by atoms with E-state index in [1.807, 2.05) is 68.5 Å². The third-order valence-electron chi connectivity index (χ3n) is 5.56. The molecule has 2 saturated heterocycles. The number of rotatable bonds is 8. The molecule has 0 saturated carbocycles. The van der Waals surface area contributed by atoms with Crippen molar-refractivity contribution < 1.29 is 18.9 Å². The van der Waals surface area contributed by atoms with Gasteiger partial charge in [-0.2, -0.15) is 0 Å². The molecule has 2 aliphatic rings. The van der Waals surface area contributed by atoms with E-state index < -0.39 is 18.2 Å². The first-order valence-corrected chi connectivity index (χ1v) is 10.7. The van der Waals surface area contributed by atoms with Crippen LogP contribution >= 0.6 is 0 Å². The second kappa shape index (κ2) is 9.32. The quantitative estimate of drug-likeness (QED) is 0.213. The van der Waals surface area contributed by atoms with E-state index in [1.165, 1.54) is 5.56 Å². The van der Waals surface area contributed by atoms with Crippen LogP contribution in [0.1, 0.15) is 25.0 Å². The molecule has 2 aromatic rings. The van der Waals surface area contributed by atoms with Gasteiger partial charge in [-0.25, -0.2) is 4.74 Å². The van der Waals surface area contributed by atoms with E-state index in [0.717, 1.165) is 10.3 Å². The Labute approximate surface area is 183 Å². The van der Waals surface area contributed by atoms with Gasteiger partial charge in [0.25, 0.3) is 0 Å². The fraction of sp³-hybridized carbons (Fsp3) is 0.400. The number of nitrogens with zero attached hydrogens (tertiary/aromatic N) is 2. The first-order chi connectivity index (χ1) is 14.9. The number of hydroxylamine groups is 1. The van der Waals surface area contributed by atoms with Crippen LogP contribution in [-0.2, 0) is 27.3 Å². The number of fused-ring (bicyclic) bond motifs is 1. The number of hydrogen-bond acceptors (Lipinski definition) is 5. The van der Waals surface area contributed by atoms with Crippen molar-refractivity contribution in [3.63, 3.8) is 0 Å². The summed E-state index contributed by atoms with van der Waals surface area (Å²) in [4.78, 5) is 2.25. The summed E-state index contributed by atoms with van der Waals surface area (Å²) in [5.74, 6) is -0.730. The molecule has 0 bridgehead atoms. The monoisotopic (exact) mass is 422 g/mol. The van der Waals surface area contributed by atoms with Gasteiger partial charge in [0.15, 0.2) is 30.9 Å². The summed E-state index contributed by atoms with van der Waals surface area (Å²) in [7, 11) is 0. The first-order valence-electron chi connectivity index (χ1n) is 10.7. The van der Waals surface area contributed by atoms with E-state index in [4.69, 9.17) is 14.2 Å². The van der Waals surface area contributed by atoms with Gasteiger partial charge < -0.3 is 19.4 Å². The molecule has 6 heteroatoms. The standard InChI is InChI=1S/C25H30N2O4/c1-4-15-26(16-19-11-7-5-8-12-19)22-21(29-24-23(22)30-25(2,3)31-24)18-27(28)17-20-13-9-6-10-14-20/h4-14,18,21-24H,1,15-17H2,2-3H3/b27-18+/t21-,22-,23-,24-/m1/s1. The van der Waals surface area contributed by atoms with Crippen LogP contribution in [0, 0.1) is 5.21 Å². The third-order valence-corrected chi connectivity index (χ3v) is 5.56. The van der Waals surface area contributed by atoms with Gasteiger partial charge in [-0.3, -0.25) is 4.90 Å². The van der Waals surface area contributed by atoms with Gasteiger partial charge in [0.1, 0.15) is 6.10 Å². The summed E-state index contributed by atoms with van der Waals surface area (Å²) < 4.78 is 19.3.